The lowest BCUT2D eigenvalue weighted by molar-refractivity contribution is -0.122. The Morgan fingerprint density at radius 1 is 1.28 bits per heavy atom. The highest BCUT2D eigenvalue weighted by Gasteiger charge is 2.29. The molecule has 0 radical (unpaired) electrons. The summed E-state index contributed by atoms with van der Waals surface area (Å²) in [6.45, 7) is 2.12. The first kappa shape index (κ1) is 17.4. The Balaban J connectivity index is 1.86. The van der Waals surface area contributed by atoms with E-state index in [0.717, 1.165) is 18.7 Å². The number of hydrogen-bond donors (Lipinski definition) is 1. The summed E-state index contributed by atoms with van der Waals surface area (Å²) in [7, 11) is 0. The van der Waals surface area contributed by atoms with Gasteiger partial charge < -0.3 is 10.1 Å². The average molecular weight is 348 g/mol. The number of nitrogens with one attached hydrogen (secondary N) is 1. The molecule has 2 aromatic rings. The molecule has 25 heavy (non-hydrogen) atoms. The summed E-state index contributed by atoms with van der Waals surface area (Å²) in [5, 5.41) is 14.4. The van der Waals surface area contributed by atoms with Crippen molar-refractivity contribution in [3.63, 3.8) is 0 Å². The fourth-order valence-corrected chi connectivity index (χ4v) is 2.89. The van der Waals surface area contributed by atoms with Crippen molar-refractivity contribution in [3.05, 3.63) is 41.7 Å². The Morgan fingerprint density at radius 3 is 2.76 bits per heavy atom. The van der Waals surface area contributed by atoms with Crippen LogP contribution in [0.4, 0.5) is 4.39 Å². The number of morpholine rings is 1. The summed E-state index contributed by atoms with van der Waals surface area (Å²) < 4.78 is 19.1. The summed E-state index contributed by atoms with van der Waals surface area (Å²) in [6.07, 6.45) is 0. The second kappa shape index (κ2) is 8.63. The van der Waals surface area contributed by atoms with Gasteiger partial charge in [-0.15, -0.1) is 5.10 Å². The minimum absolute atomic E-state index is 0.0120. The molecule has 8 nitrogen and oxygen atoms in total. The molecule has 0 aliphatic carbocycles. The van der Waals surface area contributed by atoms with E-state index < -0.39 is 6.67 Å². The molecule has 1 saturated heterocycles. The number of nitrogens with zero attached hydrogens (tertiary/aromatic N) is 5. The van der Waals surface area contributed by atoms with E-state index in [4.69, 9.17) is 4.74 Å². The number of alkyl halides is 1. The van der Waals surface area contributed by atoms with Crippen molar-refractivity contribution in [1.29, 1.82) is 0 Å². The number of halogens is 1. The predicted molar refractivity (Wildman–Crippen MR) is 87.5 cm³/mol. The third-order valence-corrected chi connectivity index (χ3v) is 4.04. The Hall–Kier alpha value is -2.39. The second-order valence-corrected chi connectivity index (χ2v) is 5.70. The van der Waals surface area contributed by atoms with Crippen LogP contribution in [0.25, 0.3) is 0 Å². The third-order valence-electron chi connectivity index (χ3n) is 4.04. The van der Waals surface area contributed by atoms with E-state index in [1.165, 1.54) is 4.68 Å². The van der Waals surface area contributed by atoms with Crippen molar-refractivity contribution in [3.8, 4) is 0 Å². The number of ether oxygens (including phenoxy) is 1. The van der Waals surface area contributed by atoms with Crippen LogP contribution in [0.3, 0.4) is 0 Å². The molecule has 0 saturated carbocycles. The van der Waals surface area contributed by atoms with Gasteiger partial charge >= 0.3 is 0 Å². The predicted octanol–water partition coefficient (Wildman–Crippen LogP) is 0.180. The maximum Gasteiger partial charge on any atom is 0.241 e. The molecule has 1 aliphatic rings. The lowest BCUT2D eigenvalue weighted by Crippen LogP contribution is -2.41. The van der Waals surface area contributed by atoms with Gasteiger partial charge in [-0.05, 0) is 16.0 Å². The first-order valence-electron chi connectivity index (χ1n) is 8.25. The van der Waals surface area contributed by atoms with E-state index in [9.17, 15) is 9.18 Å². The minimum atomic E-state index is -0.603. The van der Waals surface area contributed by atoms with Crippen LogP contribution in [-0.4, -0.2) is 70.5 Å². The average Bonchev–Trinajstić information content (AvgIpc) is 3.10. The molecular weight excluding hydrogens is 327 g/mol. The van der Waals surface area contributed by atoms with Crippen LogP contribution in [-0.2, 0) is 16.1 Å². The topological polar surface area (TPSA) is 85.2 Å². The molecule has 1 aromatic heterocycles. The first-order chi connectivity index (χ1) is 12.3. The zero-order valence-corrected chi connectivity index (χ0v) is 13.8. The zero-order valence-electron chi connectivity index (χ0n) is 13.8. The van der Waals surface area contributed by atoms with Gasteiger partial charge in [0.1, 0.15) is 13.2 Å². The molecule has 0 unspecified atom stereocenters. The first-order valence-corrected chi connectivity index (χ1v) is 8.25. The molecule has 1 N–H and O–H groups in total. The van der Waals surface area contributed by atoms with Gasteiger partial charge in [0.05, 0.1) is 19.3 Å². The highest BCUT2D eigenvalue weighted by atomic mass is 19.1. The van der Waals surface area contributed by atoms with Crippen molar-refractivity contribution in [1.82, 2.24) is 30.4 Å². The minimum Gasteiger partial charge on any atom is -0.379 e. The van der Waals surface area contributed by atoms with Crippen LogP contribution in [0, 0.1) is 0 Å². The highest BCUT2D eigenvalue weighted by Crippen LogP contribution is 2.27. The molecule has 3 rings (SSSR count). The number of tetrazole rings is 1. The Labute approximate surface area is 145 Å². The maximum atomic E-state index is 12.2. The summed E-state index contributed by atoms with van der Waals surface area (Å²) >= 11 is 0. The van der Waals surface area contributed by atoms with Crippen LogP contribution in [0.2, 0.25) is 0 Å². The van der Waals surface area contributed by atoms with E-state index in [-0.39, 0.29) is 25.0 Å². The summed E-state index contributed by atoms with van der Waals surface area (Å²) in [5.74, 6) is 0.267. The molecule has 0 bridgehead atoms. The number of benzene rings is 1. The Kier molecular flexibility index (Phi) is 6.02. The van der Waals surface area contributed by atoms with Gasteiger partial charge in [-0.1, -0.05) is 30.3 Å². The lowest BCUT2D eigenvalue weighted by Gasteiger charge is -2.33. The fourth-order valence-electron chi connectivity index (χ4n) is 2.89. The van der Waals surface area contributed by atoms with E-state index in [1.807, 2.05) is 30.3 Å². The van der Waals surface area contributed by atoms with Crippen LogP contribution in [0.15, 0.2) is 30.3 Å². The fraction of sp³-hybridized carbons (Fsp3) is 0.500. The summed E-state index contributed by atoms with van der Waals surface area (Å²) in [4.78, 5) is 14.2. The van der Waals surface area contributed by atoms with Crippen molar-refractivity contribution in [2.24, 2.45) is 0 Å². The van der Waals surface area contributed by atoms with Crippen molar-refractivity contribution >= 4 is 5.91 Å². The second-order valence-electron chi connectivity index (χ2n) is 5.70. The Morgan fingerprint density at radius 2 is 2.04 bits per heavy atom. The lowest BCUT2D eigenvalue weighted by atomic mass is 10.0. The molecule has 1 aromatic carbocycles. The number of hydrogen-bond acceptors (Lipinski definition) is 6. The molecule has 1 atom stereocenters. The van der Waals surface area contributed by atoms with Gasteiger partial charge in [0.2, 0.25) is 5.91 Å². The number of carbonyl (C=O) groups is 1. The number of rotatable bonds is 7. The van der Waals surface area contributed by atoms with Crippen LogP contribution < -0.4 is 5.32 Å². The van der Waals surface area contributed by atoms with Crippen molar-refractivity contribution in [2.75, 3.05) is 39.5 Å². The molecular formula is C16H21FN6O2. The largest absolute Gasteiger partial charge is 0.379 e. The third kappa shape index (κ3) is 4.37. The van der Waals surface area contributed by atoms with Crippen molar-refractivity contribution in [2.45, 2.75) is 12.6 Å². The van der Waals surface area contributed by atoms with Crippen LogP contribution in [0.5, 0.6) is 0 Å². The van der Waals surface area contributed by atoms with Gasteiger partial charge in [-0.2, -0.15) is 0 Å². The molecule has 1 aliphatic heterocycles. The van der Waals surface area contributed by atoms with Gasteiger partial charge in [0, 0.05) is 19.6 Å². The van der Waals surface area contributed by atoms with Crippen LogP contribution >= 0.6 is 0 Å². The number of carbonyl (C=O) groups excluding carboxylic acids is 1. The molecule has 2 heterocycles. The maximum absolute atomic E-state index is 12.2. The summed E-state index contributed by atoms with van der Waals surface area (Å²) in [6, 6.07) is 9.74. The molecule has 1 fully saturated rings. The zero-order chi connectivity index (χ0) is 17.5. The van der Waals surface area contributed by atoms with Crippen LogP contribution in [0.1, 0.15) is 17.4 Å². The molecule has 134 valence electrons. The van der Waals surface area contributed by atoms with Gasteiger partial charge in [0.15, 0.2) is 5.82 Å². The molecule has 1 amide bonds. The SMILES string of the molecule is O=C(Cn1nnnc1[C@H](c1ccccc1)N1CCOCC1)NCCF. The standard InChI is InChI=1S/C16H21FN6O2/c17-6-7-18-14(24)12-23-16(19-20-21-23)15(13-4-2-1-3-5-13)22-8-10-25-11-9-22/h1-5,15H,6-12H2,(H,18,24)/t15-/m0/s1. The van der Waals surface area contributed by atoms with E-state index in [0.29, 0.717) is 19.0 Å². The van der Waals surface area contributed by atoms with Gasteiger partial charge in [-0.25, -0.2) is 9.07 Å². The highest BCUT2D eigenvalue weighted by molar-refractivity contribution is 5.75. The Bertz CT molecular complexity index is 674. The van der Waals surface area contributed by atoms with E-state index in [2.05, 4.69) is 25.7 Å². The molecule has 9 heteroatoms. The van der Waals surface area contributed by atoms with E-state index in [1.54, 1.807) is 0 Å². The van der Waals surface area contributed by atoms with Gasteiger partial charge in [0.25, 0.3) is 0 Å². The van der Waals surface area contributed by atoms with E-state index >= 15 is 0 Å². The monoisotopic (exact) mass is 348 g/mol. The van der Waals surface area contributed by atoms with Gasteiger partial charge in [-0.3, -0.25) is 9.69 Å². The quantitative estimate of drug-likeness (QED) is 0.768. The van der Waals surface area contributed by atoms with Crippen molar-refractivity contribution < 1.29 is 13.9 Å². The molecule has 0 spiro atoms. The number of amides is 1. The smallest absolute Gasteiger partial charge is 0.241 e. The number of aromatic nitrogens is 4. The summed E-state index contributed by atoms with van der Waals surface area (Å²) in [5.41, 5.74) is 1.05. The normalized spacial score (nSPS) is 16.5.